The molecule has 1 saturated heterocycles. The van der Waals surface area contributed by atoms with Crippen molar-refractivity contribution in [2.75, 3.05) is 33.4 Å². The van der Waals surface area contributed by atoms with E-state index >= 15 is 0 Å². The van der Waals surface area contributed by atoms with Gasteiger partial charge in [-0.1, -0.05) is 18.2 Å². The molecule has 1 heterocycles. The number of carbonyl (C=O) groups is 1. The molecule has 1 aliphatic heterocycles. The Hall–Kier alpha value is -2.24. The van der Waals surface area contributed by atoms with Gasteiger partial charge in [-0.25, -0.2) is 4.39 Å². The van der Waals surface area contributed by atoms with E-state index in [1.165, 1.54) is 12.1 Å². The Bertz CT molecular complexity index is 712. The van der Waals surface area contributed by atoms with Crippen molar-refractivity contribution < 1.29 is 18.7 Å². The highest BCUT2D eigenvalue weighted by Crippen LogP contribution is 2.22. The van der Waals surface area contributed by atoms with Crippen molar-refractivity contribution in [3.05, 3.63) is 66.0 Å². The lowest BCUT2D eigenvalue weighted by atomic mass is 9.89. The van der Waals surface area contributed by atoms with Gasteiger partial charge in [0.1, 0.15) is 24.3 Å². The summed E-state index contributed by atoms with van der Waals surface area (Å²) in [6, 6.07) is 15.5. The van der Waals surface area contributed by atoms with Gasteiger partial charge in [-0.15, -0.1) is 0 Å². The molecule has 0 amide bonds. The molecule has 0 aromatic heterocycles. The number of piperidine rings is 1. The fraction of sp³-hybridized carbons (Fsp3) is 0.409. The van der Waals surface area contributed by atoms with E-state index in [0.717, 1.165) is 38.2 Å². The third-order valence-electron chi connectivity index (χ3n) is 5.06. The number of methoxy groups -OCH3 is 1. The number of halogens is 1. The maximum Gasteiger partial charge on any atom is 0.166 e. The fourth-order valence-corrected chi connectivity index (χ4v) is 3.42. The van der Waals surface area contributed by atoms with E-state index in [2.05, 4.69) is 4.90 Å². The summed E-state index contributed by atoms with van der Waals surface area (Å²) in [6.07, 6.45) is 1.60. The summed E-state index contributed by atoms with van der Waals surface area (Å²) in [7, 11) is 1.70. The van der Waals surface area contributed by atoms with Crippen LogP contribution in [-0.4, -0.2) is 50.1 Å². The predicted octanol–water partition coefficient (Wildman–Crippen LogP) is 3.81. The summed E-state index contributed by atoms with van der Waals surface area (Å²) in [5, 5.41) is 0. The molecule has 0 bridgehead atoms. The van der Waals surface area contributed by atoms with E-state index < -0.39 is 0 Å². The summed E-state index contributed by atoms with van der Waals surface area (Å²) >= 11 is 0. The summed E-state index contributed by atoms with van der Waals surface area (Å²) in [5.74, 6) is 0.645. The van der Waals surface area contributed by atoms with Gasteiger partial charge in [0.25, 0.3) is 0 Å². The first kappa shape index (κ1) is 19.5. The zero-order chi connectivity index (χ0) is 19.1. The van der Waals surface area contributed by atoms with Crippen molar-refractivity contribution in [3.63, 3.8) is 0 Å². The first-order chi connectivity index (χ1) is 13.2. The second-order valence-corrected chi connectivity index (χ2v) is 6.93. The van der Waals surface area contributed by atoms with Crippen LogP contribution in [-0.2, 0) is 4.74 Å². The number of ether oxygens (including phenoxy) is 2. The molecule has 1 fully saturated rings. The Morgan fingerprint density at radius 1 is 1.11 bits per heavy atom. The molecule has 1 unspecified atom stereocenters. The van der Waals surface area contributed by atoms with Crippen molar-refractivity contribution in [1.82, 2.24) is 4.90 Å². The number of nitrogens with zero attached hydrogens (tertiary/aromatic N) is 1. The minimum atomic E-state index is -0.315. The minimum Gasteiger partial charge on any atom is -0.491 e. The monoisotopic (exact) mass is 371 g/mol. The van der Waals surface area contributed by atoms with Gasteiger partial charge in [-0.3, -0.25) is 4.79 Å². The summed E-state index contributed by atoms with van der Waals surface area (Å²) < 4.78 is 24.4. The van der Waals surface area contributed by atoms with Crippen LogP contribution in [0.15, 0.2) is 54.6 Å². The number of likely N-dealkylation sites (tertiary alicyclic amines) is 1. The molecule has 3 rings (SSSR count). The highest BCUT2D eigenvalue weighted by molar-refractivity contribution is 5.97. The van der Waals surface area contributed by atoms with Gasteiger partial charge in [0.05, 0.1) is 0 Å². The Morgan fingerprint density at radius 2 is 1.78 bits per heavy atom. The molecule has 0 N–H and O–H groups in total. The van der Waals surface area contributed by atoms with Crippen molar-refractivity contribution in [1.29, 1.82) is 0 Å². The lowest BCUT2D eigenvalue weighted by molar-refractivity contribution is 0.0211. The van der Waals surface area contributed by atoms with Gasteiger partial charge in [-0.05, 0) is 62.3 Å². The van der Waals surface area contributed by atoms with Crippen LogP contribution in [0.2, 0.25) is 0 Å². The molecule has 144 valence electrons. The molecule has 2 aromatic rings. The van der Waals surface area contributed by atoms with Crippen molar-refractivity contribution >= 4 is 5.78 Å². The Balaban J connectivity index is 1.45. The van der Waals surface area contributed by atoms with Crippen molar-refractivity contribution in [2.45, 2.75) is 18.9 Å². The van der Waals surface area contributed by atoms with Gasteiger partial charge in [0, 0.05) is 25.1 Å². The number of Topliss-reactive ketones (excluding diaryl/α,β-unsaturated/α-hetero) is 1. The maximum atomic E-state index is 13.0. The van der Waals surface area contributed by atoms with E-state index in [-0.39, 0.29) is 23.6 Å². The average molecular weight is 371 g/mol. The summed E-state index contributed by atoms with van der Waals surface area (Å²) in [6.45, 7) is 2.97. The zero-order valence-corrected chi connectivity index (χ0v) is 15.6. The lowest BCUT2D eigenvalue weighted by Gasteiger charge is -2.33. The van der Waals surface area contributed by atoms with Gasteiger partial charge in [-0.2, -0.15) is 0 Å². The van der Waals surface area contributed by atoms with Gasteiger partial charge in [0.15, 0.2) is 5.78 Å². The van der Waals surface area contributed by atoms with Crippen LogP contribution >= 0.6 is 0 Å². The van der Waals surface area contributed by atoms with E-state index in [1.54, 1.807) is 19.2 Å². The zero-order valence-electron chi connectivity index (χ0n) is 15.6. The normalized spacial score (nSPS) is 16.8. The van der Waals surface area contributed by atoms with Crippen molar-refractivity contribution in [3.8, 4) is 5.75 Å². The van der Waals surface area contributed by atoms with Crippen LogP contribution in [0.25, 0.3) is 0 Å². The van der Waals surface area contributed by atoms with E-state index in [0.29, 0.717) is 12.2 Å². The van der Waals surface area contributed by atoms with Crippen LogP contribution in [0.5, 0.6) is 5.75 Å². The topological polar surface area (TPSA) is 38.8 Å². The highest BCUT2D eigenvalue weighted by atomic mass is 19.1. The van der Waals surface area contributed by atoms with Crippen molar-refractivity contribution in [2.24, 2.45) is 5.92 Å². The SMILES string of the molecule is COC(COc1ccccc1)CN1CCC(C(=O)c2ccc(F)cc2)CC1. The molecular formula is C22H26FNO3. The lowest BCUT2D eigenvalue weighted by Crippen LogP contribution is -2.42. The fourth-order valence-electron chi connectivity index (χ4n) is 3.42. The van der Waals surface area contributed by atoms with Gasteiger partial charge < -0.3 is 14.4 Å². The Kier molecular flexibility index (Phi) is 6.96. The molecule has 0 aliphatic carbocycles. The number of benzene rings is 2. The molecule has 4 nitrogen and oxygen atoms in total. The van der Waals surface area contributed by atoms with Crippen LogP contribution in [0.4, 0.5) is 4.39 Å². The molecule has 2 aromatic carbocycles. The number of para-hydroxylation sites is 1. The van der Waals surface area contributed by atoms with Gasteiger partial charge >= 0.3 is 0 Å². The number of hydrogen-bond donors (Lipinski definition) is 0. The molecule has 27 heavy (non-hydrogen) atoms. The molecule has 0 saturated carbocycles. The number of carbonyl (C=O) groups excluding carboxylic acids is 1. The van der Waals surface area contributed by atoms with Crippen LogP contribution in [0.1, 0.15) is 23.2 Å². The predicted molar refractivity (Wildman–Crippen MR) is 103 cm³/mol. The van der Waals surface area contributed by atoms with Crippen LogP contribution < -0.4 is 4.74 Å². The maximum absolute atomic E-state index is 13.0. The molecule has 1 atom stereocenters. The molecular weight excluding hydrogens is 345 g/mol. The molecule has 5 heteroatoms. The third-order valence-corrected chi connectivity index (χ3v) is 5.06. The first-order valence-electron chi connectivity index (χ1n) is 9.38. The smallest absolute Gasteiger partial charge is 0.166 e. The number of ketones is 1. The Labute approximate surface area is 159 Å². The first-order valence-corrected chi connectivity index (χ1v) is 9.38. The van der Waals surface area contributed by atoms with Gasteiger partial charge in [0.2, 0.25) is 0 Å². The van der Waals surface area contributed by atoms with E-state index in [4.69, 9.17) is 9.47 Å². The second-order valence-electron chi connectivity index (χ2n) is 6.93. The summed E-state index contributed by atoms with van der Waals surface area (Å²) in [5.41, 5.74) is 0.598. The van der Waals surface area contributed by atoms with Crippen LogP contribution in [0.3, 0.4) is 0 Å². The standard InChI is InChI=1S/C22H26FNO3/c1-26-21(16-27-20-5-3-2-4-6-20)15-24-13-11-18(12-14-24)22(25)17-7-9-19(23)10-8-17/h2-10,18,21H,11-16H2,1H3. The number of rotatable bonds is 8. The van der Waals surface area contributed by atoms with E-state index in [1.807, 2.05) is 30.3 Å². The second kappa shape index (κ2) is 9.62. The van der Waals surface area contributed by atoms with Crippen LogP contribution in [0, 0.1) is 11.7 Å². The molecule has 0 spiro atoms. The third kappa shape index (κ3) is 5.62. The highest BCUT2D eigenvalue weighted by Gasteiger charge is 2.27. The molecule has 1 aliphatic rings. The quantitative estimate of drug-likeness (QED) is 0.662. The minimum absolute atomic E-state index is 0.00766. The average Bonchev–Trinajstić information content (AvgIpc) is 2.72. The summed E-state index contributed by atoms with van der Waals surface area (Å²) in [4.78, 5) is 14.9. The largest absolute Gasteiger partial charge is 0.491 e. The number of hydrogen-bond acceptors (Lipinski definition) is 4. The van der Waals surface area contributed by atoms with E-state index in [9.17, 15) is 9.18 Å². The molecule has 0 radical (unpaired) electrons. The Morgan fingerprint density at radius 3 is 2.41 bits per heavy atom.